The SMILES string of the molecule is Nc1nc(C(=NOCC(=O)O)C(=O)NC2C(=O)N3C(C(=O)O)=C(C[n+]4cccc(NC=O)c4)CS[C@H]23)ns1. The fraction of sp³-hybridized carbons (Fsp3) is 0.250. The molecule has 4 rings (SSSR count). The quantitative estimate of drug-likeness (QED) is 0.0672. The highest BCUT2D eigenvalue weighted by molar-refractivity contribution is 8.00. The summed E-state index contributed by atoms with van der Waals surface area (Å²) in [5.41, 5.74) is 5.82. The number of nitrogens with two attached hydrogens (primary N) is 1. The maximum absolute atomic E-state index is 13.0. The molecule has 2 aliphatic heterocycles. The van der Waals surface area contributed by atoms with E-state index in [2.05, 4.69) is 30.0 Å². The minimum absolute atomic E-state index is 0.0154. The Morgan fingerprint density at radius 3 is 2.82 bits per heavy atom. The van der Waals surface area contributed by atoms with E-state index in [-0.39, 0.29) is 29.0 Å². The Balaban J connectivity index is 1.52. The number of carboxylic acid groups (broad SMARTS) is 2. The van der Waals surface area contributed by atoms with E-state index in [0.717, 1.165) is 16.4 Å². The van der Waals surface area contributed by atoms with Gasteiger partial charge in [0.25, 0.3) is 11.8 Å². The molecule has 2 atom stereocenters. The molecule has 3 amide bonds. The van der Waals surface area contributed by atoms with E-state index in [1.165, 1.54) is 11.8 Å². The number of pyridine rings is 1. The minimum Gasteiger partial charge on any atom is -0.479 e. The van der Waals surface area contributed by atoms with Crippen LogP contribution in [0.15, 0.2) is 41.0 Å². The van der Waals surface area contributed by atoms with Gasteiger partial charge < -0.3 is 31.4 Å². The Morgan fingerprint density at radius 2 is 2.16 bits per heavy atom. The van der Waals surface area contributed by atoms with E-state index in [1.807, 2.05) is 0 Å². The van der Waals surface area contributed by atoms with Crippen LogP contribution in [0.2, 0.25) is 0 Å². The van der Waals surface area contributed by atoms with Crippen molar-refractivity contribution in [2.24, 2.45) is 5.16 Å². The second kappa shape index (κ2) is 11.2. The van der Waals surface area contributed by atoms with Crippen LogP contribution in [0.5, 0.6) is 0 Å². The molecule has 4 heterocycles. The fourth-order valence-electron chi connectivity index (χ4n) is 3.68. The van der Waals surface area contributed by atoms with Crippen LogP contribution in [0.25, 0.3) is 0 Å². The number of aromatic nitrogens is 3. The number of rotatable bonds is 11. The van der Waals surface area contributed by atoms with Gasteiger partial charge in [-0.3, -0.25) is 19.3 Å². The first-order valence-corrected chi connectivity index (χ1v) is 12.4. The topological polar surface area (TPSA) is 230 Å². The van der Waals surface area contributed by atoms with Gasteiger partial charge in [-0.15, -0.1) is 11.8 Å². The van der Waals surface area contributed by atoms with E-state index in [4.69, 9.17) is 10.8 Å². The maximum atomic E-state index is 13.0. The van der Waals surface area contributed by atoms with E-state index in [1.54, 1.807) is 29.1 Å². The Morgan fingerprint density at radius 1 is 1.37 bits per heavy atom. The number of carboxylic acids is 2. The molecular formula is C20H19N8O8S2+. The molecule has 2 aliphatic rings. The van der Waals surface area contributed by atoms with Crippen LogP contribution in [0, 0.1) is 0 Å². The summed E-state index contributed by atoms with van der Waals surface area (Å²) in [4.78, 5) is 69.1. The molecule has 198 valence electrons. The number of nitrogen functional groups attached to an aromatic ring is 1. The van der Waals surface area contributed by atoms with Crippen LogP contribution in [0.1, 0.15) is 5.82 Å². The van der Waals surface area contributed by atoms with Gasteiger partial charge in [0.05, 0.1) is 0 Å². The predicted octanol–water partition coefficient (Wildman–Crippen LogP) is -1.78. The minimum atomic E-state index is -1.34. The first-order valence-electron chi connectivity index (χ1n) is 10.6. The summed E-state index contributed by atoms with van der Waals surface area (Å²) < 4.78 is 5.53. The van der Waals surface area contributed by atoms with Gasteiger partial charge in [-0.2, -0.15) is 13.9 Å². The van der Waals surface area contributed by atoms with Crippen LogP contribution in [-0.4, -0.2) is 84.1 Å². The average Bonchev–Trinajstić information content (AvgIpc) is 3.30. The highest BCUT2D eigenvalue weighted by Gasteiger charge is 2.54. The molecular weight excluding hydrogens is 544 g/mol. The van der Waals surface area contributed by atoms with Gasteiger partial charge in [0, 0.05) is 28.9 Å². The summed E-state index contributed by atoms with van der Waals surface area (Å²) in [6, 6.07) is 2.24. The predicted molar refractivity (Wildman–Crippen MR) is 130 cm³/mol. The Kier molecular flexibility index (Phi) is 7.82. The zero-order chi connectivity index (χ0) is 27.4. The van der Waals surface area contributed by atoms with Crippen LogP contribution in [0.4, 0.5) is 10.8 Å². The highest BCUT2D eigenvalue weighted by atomic mass is 32.2. The highest BCUT2D eigenvalue weighted by Crippen LogP contribution is 2.40. The Hall–Kier alpha value is -4.58. The van der Waals surface area contributed by atoms with Crippen molar-refractivity contribution >= 4 is 70.0 Å². The summed E-state index contributed by atoms with van der Waals surface area (Å²) in [5, 5.41) is 26.4. The molecule has 2 aromatic rings. The summed E-state index contributed by atoms with van der Waals surface area (Å²) in [6.45, 7) is -0.697. The number of amides is 3. The first kappa shape index (κ1) is 26.5. The van der Waals surface area contributed by atoms with E-state index in [9.17, 15) is 29.1 Å². The average molecular weight is 564 g/mol. The van der Waals surface area contributed by atoms with Crippen LogP contribution < -0.4 is 20.9 Å². The summed E-state index contributed by atoms with van der Waals surface area (Å²) in [7, 11) is 0. The van der Waals surface area contributed by atoms with Crippen LogP contribution in [-0.2, 0) is 35.4 Å². The molecule has 0 bridgehead atoms. The van der Waals surface area contributed by atoms with Crippen molar-refractivity contribution in [2.75, 3.05) is 23.4 Å². The van der Waals surface area contributed by atoms with Crippen LogP contribution >= 0.6 is 23.3 Å². The Bertz CT molecular complexity index is 1380. The van der Waals surface area contributed by atoms with E-state index in [0.29, 0.717) is 17.7 Å². The number of hydrogen-bond donors (Lipinski definition) is 5. The monoisotopic (exact) mass is 563 g/mol. The van der Waals surface area contributed by atoms with Gasteiger partial charge >= 0.3 is 11.9 Å². The zero-order valence-electron chi connectivity index (χ0n) is 19.1. The number of hydrogen-bond acceptors (Lipinski definition) is 12. The Labute approximate surface area is 221 Å². The van der Waals surface area contributed by atoms with Gasteiger partial charge in [-0.05, 0) is 6.07 Å². The third-order valence-electron chi connectivity index (χ3n) is 5.21. The summed E-state index contributed by atoms with van der Waals surface area (Å²) >= 11 is 2.01. The third kappa shape index (κ3) is 5.54. The standard InChI is InChI=1S/C20H18N8O8S2/c21-20-24-15(26-38-20)12(25-36-6-11(30)31)16(32)23-13-17(33)28-14(19(34)35)9(7-37-18(13)28)4-27-3-1-2-10(5-27)22-8-29/h1-3,5,8,13,18H,4,6-7H2,(H5-,21,22,23,24,26,29,30,31,32,34,35)/p+1/t13?,18-/m1/s1. The van der Waals surface area contributed by atoms with Crippen LogP contribution in [0.3, 0.4) is 0 Å². The number of anilines is 2. The number of carbonyl (C=O) groups excluding carboxylic acids is 3. The lowest BCUT2D eigenvalue weighted by Gasteiger charge is -2.49. The van der Waals surface area contributed by atoms with Crippen molar-refractivity contribution in [3.63, 3.8) is 0 Å². The lowest BCUT2D eigenvalue weighted by Crippen LogP contribution is -2.71. The third-order valence-corrected chi connectivity index (χ3v) is 7.09. The molecule has 0 aromatic carbocycles. The fourth-order valence-corrected chi connectivity index (χ4v) is 5.45. The molecule has 1 unspecified atom stereocenters. The van der Waals surface area contributed by atoms with Crippen molar-refractivity contribution in [3.8, 4) is 0 Å². The lowest BCUT2D eigenvalue weighted by atomic mass is 10.0. The first-order chi connectivity index (χ1) is 18.2. The number of nitrogens with zero attached hydrogens (tertiary/aromatic N) is 5. The second-order valence-electron chi connectivity index (χ2n) is 7.71. The number of aliphatic carboxylic acids is 2. The number of β-lactam (4-membered cyclic amide) rings is 1. The maximum Gasteiger partial charge on any atom is 0.352 e. The molecule has 0 spiro atoms. The molecule has 18 heteroatoms. The van der Waals surface area contributed by atoms with Crippen molar-refractivity contribution in [3.05, 3.63) is 41.6 Å². The second-order valence-corrected chi connectivity index (χ2v) is 9.60. The molecule has 6 N–H and O–H groups in total. The molecule has 16 nitrogen and oxygen atoms in total. The smallest absolute Gasteiger partial charge is 0.352 e. The number of carbonyl (C=O) groups is 5. The lowest BCUT2D eigenvalue weighted by molar-refractivity contribution is -0.688. The van der Waals surface area contributed by atoms with Crippen molar-refractivity contribution in [2.45, 2.75) is 18.0 Å². The molecule has 2 aromatic heterocycles. The number of nitrogens with one attached hydrogen (secondary N) is 2. The van der Waals surface area contributed by atoms with E-state index < -0.39 is 47.5 Å². The van der Waals surface area contributed by atoms with Gasteiger partial charge in [0.1, 0.15) is 22.8 Å². The van der Waals surface area contributed by atoms with E-state index >= 15 is 0 Å². The van der Waals surface area contributed by atoms with Gasteiger partial charge in [-0.1, -0.05) is 5.16 Å². The van der Waals surface area contributed by atoms with Gasteiger partial charge in [0.2, 0.25) is 24.6 Å². The van der Waals surface area contributed by atoms with Gasteiger partial charge in [-0.25, -0.2) is 9.59 Å². The number of thioether (sulfide) groups is 1. The summed E-state index contributed by atoms with van der Waals surface area (Å²) in [5.74, 6) is -4.23. The van der Waals surface area contributed by atoms with Gasteiger partial charge in [0.15, 0.2) is 24.1 Å². The van der Waals surface area contributed by atoms with Crippen molar-refractivity contribution in [1.82, 2.24) is 19.6 Å². The number of oxime groups is 1. The molecule has 1 fully saturated rings. The molecule has 0 radical (unpaired) electrons. The molecule has 1 saturated heterocycles. The number of fused-ring (bicyclic) bond motifs is 1. The molecule has 0 aliphatic carbocycles. The molecule has 0 saturated carbocycles. The normalized spacial score (nSPS) is 18.8. The van der Waals surface area contributed by atoms with Crippen molar-refractivity contribution < 1.29 is 43.6 Å². The largest absolute Gasteiger partial charge is 0.479 e. The van der Waals surface area contributed by atoms with Crippen molar-refractivity contribution in [1.29, 1.82) is 0 Å². The summed E-state index contributed by atoms with van der Waals surface area (Å²) in [6.07, 6.45) is 3.82. The zero-order valence-corrected chi connectivity index (χ0v) is 20.8. The molecule has 38 heavy (non-hydrogen) atoms.